The lowest BCUT2D eigenvalue weighted by Crippen LogP contribution is -2.42. The van der Waals surface area contributed by atoms with E-state index in [9.17, 15) is 14.4 Å². The molecule has 7 nitrogen and oxygen atoms in total. The van der Waals surface area contributed by atoms with Gasteiger partial charge in [-0.1, -0.05) is 0 Å². The summed E-state index contributed by atoms with van der Waals surface area (Å²) in [6, 6.07) is 2.54. The Morgan fingerprint density at radius 3 is 2.58 bits per heavy atom. The predicted molar refractivity (Wildman–Crippen MR) is 64.2 cm³/mol. The normalized spacial score (nSPS) is 13.5. The fraction of sp³-hybridized carbons (Fsp3) is 0.333. The molecule has 19 heavy (non-hydrogen) atoms. The fourth-order valence-corrected chi connectivity index (χ4v) is 1.31. The molecule has 100 valence electrons. The molecule has 0 atom stereocenters. The van der Waals surface area contributed by atoms with Gasteiger partial charge in [-0.05, 0) is 25.0 Å². The van der Waals surface area contributed by atoms with Crippen LogP contribution in [0.1, 0.15) is 23.2 Å². The number of hydrogen-bond donors (Lipinski definition) is 2. The Hall–Kier alpha value is -2.44. The number of carbonyl (C=O) groups is 3. The molecular formula is C12H13N3O4. The van der Waals surface area contributed by atoms with Crippen molar-refractivity contribution in [3.05, 3.63) is 30.1 Å². The molecule has 0 unspecified atom stereocenters. The number of carbonyl (C=O) groups excluding carboxylic acids is 3. The number of hydrogen-bond acceptors (Lipinski definition) is 5. The lowest BCUT2D eigenvalue weighted by atomic mass is 10.3. The highest BCUT2D eigenvalue weighted by Gasteiger charge is 2.24. The van der Waals surface area contributed by atoms with Crippen LogP contribution >= 0.6 is 0 Å². The second-order valence-electron chi connectivity index (χ2n) is 4.11. The molecule has 1 aliphatic rings. The molecular weight excluding hydrogens is 250 g/mol. The zero-order valence-electron chi connectivity index (χ0n) is 10.1. The molecule has 0 aliphatic heterocycles. The molecule has 0 saturated heterocycles. The lowest BCUT2D eigenvalue weighted by Gasteiger charge is -2.06. The molecule has 2 rings (SSSR count). The zero-order valence-corrected chi connectivity index (χ0v) is 10.1. The van der Waals surface area contributed by atoms with Gasteiger partial charge in [0, 0.05) is 18.4 Å². The lowest BCUT2D eigenvalue weighted by molar-refractivity contribution is -0.123. The Bertz CT molecular complexity index is 485. The summed E-state index contributed by atoms with van der Waals surface area (Å²) in [7, 11) is 0. The van der Waals surface area contributed by atoms with Crippen molar-refractivity contribution >= 4 is 17.9 Å². The number of urea groups is 1. The molecule has 1 aliphatic carbocycles. The van der Waals surface area contributed by atoms with E-state index in [1.807, 2.05) is 0 Å². The van der Waals surface area contributed by atoms with Crippen LogP contribution in [0.25, 0.3) is 0 Å². The van der Waals surface area contributed by atoms with Crippen molar-refractivity contribution in [3.8, 4) is 0 Å². The number of pyridine rings is 1. The predicted octanol–water partition coefficient (Wildman–Crippen LogP) is 0.227. The molecule has 0 bridgehead atoms. The minimum absolute atomic E-state index is 0.159. The van der Waals surface area contributed by atoms with Crippen LogP contribution < -0.4 is 10.6 Å². The summed E-state index contributed by atoms with van der Waals surface area (Å²) in [5, 5.41) is 4.66. The van der Waals surface area contributed by atoms with Gasteiger partial charge in [0.25, 0.3) is 5.91 Å². The van der Waals surface area contributed by atoms with Gasteiger partial charge in [-0.3, -0.25) is 15.1 Å². The molecule has 1 fully saturated rings. The highest BCUT2D eigenvalue weighted by Crippen LogP contribution is 2.18. The number of esters is 1. The number of rotatable bonds is 4. The Morgan fingerprint density at radius 1 is 1.26 bits per heavy atom. The standard InChI is InChI=1S/C12H13N3O4/c16-10(15-12(18)14-9-1-2-9)7-19-11(17)8-3-5-13-6-4-8/h3-6,9H,1-2,7H2,(H2,14,15,16,18). The summed E-state index contributed by atoms with van der Waals surface area (Å²) in [4.78, 5) is 37.8. The van der Waals surface area contributed by atoms with Crippen LogP contribution in [0, 0.1) is 0 Å². The topological polar surface area (TPSA) is 97.4 Å². The fourth-order valence-electron chi connectivity index (χ4n) is 1.31. The molecule has 1 saturated carbocycles. The summed E-state index contributed by atoms with van der Waals surface area (Å²) >= 11 is 0. The first kappa shape index (κ1) is 13.0. The number of nitrogens with zero attached hydrogens (tertiary/aromatic N) is 1. The average Bonchev–Trinajstić information content (AvgIpc) is 3.20. The van der Waals surface area contributed by atoms with E-state index in [-0.39, 0.29) is 6.04 Å². The van der Waals surface area contributed by atoms with Crippen molar-refractivity contribution in [3.63, 3.8) is 0 Å². The Kier molecular flexibility index (Phi) is 4.07. The Labute approximate surface area is 109 Å². The van der Waals surface area contributed by atoms with Crippen molar-refractivity contribution in [2.75, 3.05) is 6.61 Å². The first-order valence-electron chi connectivity index (χ1n) is 5.82. The molecule has 1 aromatic rings. The minimum atomic E-state index is -0.666. The van der Waals surface area contributed by atoms with Gasteiger partial charge in [0.05, 0.1) is 5.56 Å². The van der Waals surface area contributed by atoms with Crippen LogP contribution in [0.5, 0.6) is 0 Å². The Morgan fingerprint density at radius 2 is 1.95 bits per heavy atom. The summed E-state index contributed by atoms with van der Waals surface area (Å²) in [5.41, 5.74) is 0.297. The van der Waals surface area contributed by atoms with E-state index >= 15 is 0 Å². The number of imide groups is 1. The van der Waals surface area contributed by atoms with Gasteiger partial charge in [-0.2, -0.15) is 0 Å². The quantitative estimate of drug-likeness (QED) is 0.758. The third-order valence-corrected chi connectivity index (χ3v) is 2.42. The number of aromatic nitrogens is 1. The average molecular weight is 263 g/mol. The summed E-state index contributed by atoms with van der Waals surface area (Å²) < 4.78 is 4.75. The van der Waals surface area contributed by atoms with Crippen molar-refractivity contribution < 1.29 is 19.1 Å². The van der Waals surface area contributed by atoms with Gasteiger partial charge in [0.15, 0.2) is 6.61 Å². The summed E-state index contributed by atoms with van der Waals surface area (Å²) in [6.07, 6.45) is 4.75. The second-order valence-corrected chi connectivity index (χ2v) is 4.11. The van der Waals surface area contributed by atoms with Gasteiger partial charge in [0.1, 0.15) is 0 Å². The van der Waals surface area contributed by atoms with Gasteiger partial charge in [-0.25, -0.2) is 9.59 Å². The van der Waals surface area contributed by atoms with Crippen molar-refractivity contribution in [2.45, 2.75) is 18.9 Å². The largest absolute Gasteiger partial charge is 0.452 e. The highest BCUT2D eigenvalue weighted by molar-refractivity contribution is 5.97. The van der Waals surface area contributed by atoms with Crippen molar-refractivity contribution in [1.29, 1.82) is 0 Å². The van der Waals surface area contributed by atoms with E-state index in [4.69, 9.17) is 4.74 Å². The molecule has 2 N–H and O–H groups in total. The van der Waals surface area contributed by atoms with Crippen LogP contribution in [0.4, 0.5) is 4.79 Å². The summed E-state index contributed by atoms with van der Waals surface area (Å²) in [5.74, 6) is -1.30. The first-order chi connectivity index (χ1) is 9.15. The van der Waals surface area contributed by atoms with Crippen LogP contribution in [0.15, 0.2) is 24.5 Å². The van der Waals surface area contributed by atoms with E-state index in [1.165, 1.54) is 24.5 Å². The van der Waals surface area contributed by atoms with E-state index in [2.05, 4.69) is 15.6 Å². The maximum Gasteiger partial charge on any atom is 0.338 e. The zero-order chi connectivity index (χ0) is 13.7. The maximum atomic E-state index is 11.5. The van der Waals surface area contributed by atoms with E-state index < -0.39 is 24.5 Å². The molecule has 3 amide bonds. The van der Waals surface area contributed by atoms with E-state index in [0.717, 1.165) is 12.8 Å². The first-order valence-corrected chi connectivity index (χ1v) is 5.82. The molecule has 0 aromatic carbocycles. The monoisotopic (exact) mass is 263 g/mol. The molecule has 1 heterocycles. The van der Waals surface area contributed by atoms with Crippen LogP contribution in [0.2, 0.25) is 0 Å². The smallest absolute Gasteiger partial charge is 0.338 e. The van der Waals surface area contributed by atoms with Crippen LogP contribution in [-0.2, 0) is 9.53 Å². The van der Waals surface area contributed by atoms with Crippen molar-refractivity contribution in [1.82, 2.24) is 15.6 Å². The molecule has 1 aromatic heterocycles. The van der Waals surface area contributed by atoms with Gasteiger partial charge >= 0.3 is 12.0 Å². The van der Waals surface area contributed by atoms with Crippen LogP contribution in [-0.4, -0.2) is 35.5 Å². The summed E-state index contributed by atoms with van der Waals surface area (Å²) in [6.45, 7) is -0.501. The molecule has 0 radical (unpaired) electrons. The van der Waals surface area contributed by atoms with Gasteiger partial charge < -0.3 is 10.1 Å². The van der Waals surface area contributed by atoms with Crippen LogP contribution in [0.3, 0.4) is 0 Å². The number of nitrogens with one attached hydrogen (secondary N) is 2. The number of ether oxygens (including phenoxy) is 1. The minimum Gasteiger partial charge on any atom is -0.452 e. The Balaban J connectivity index is 1.70. The van der Waals surface area contributed by atoms with Crippen molar-refractivity contribution in [2.24, 2.45) is 0 Å². The van der Waals surface area contributed by atoms with Gasteiger partial charge in [-0.15, -0.1) is 0 Å². The van der Waals surface area contributed by atoms with Gasteiger partial charge in [0.2, 0.25) is 0 Å². The maximum absolute atomic E-state index is 11.5. The molecule has 0 spiro atoms. The highest BCUT2D eigenvalue weighted by atomic mass is 16.5. The second kappa shape index (κ2) is 5.94. The third-order valence-electron chi connectivity index (χ3n) is 2.42. The van der Waals surface area contributed by atoms with E-state index in [0.29, 0.717) is 5.56 Å². The molecule has 7 heteroatoms. The third kappa shape index (κ3) is 4.38. The SMILES string of the molecule is O=C(COC(=O)c1ccncc1)NC(=O)NC1CC1. The van der Waals surface area contributed by atoms with E-state index in [1.54, 1.807) is 0 Å². The number of amides is 3.